The maximum Gasteiger partial charge on any atom is 0.326 e. The number of unbranched alkanes of at least 4 members (excludes halogenated alkanes) is 2. The Morgan fingerprint density at radius 3 is 2.38 bits per heavy atom. The third kappa shape index (κ3) is 7.56. The van der Waals surface area contributed by atoms with Crippen molar-refractivity contribution >= 4 is 40.8 Å². The van der Waals surface area contributed by atoms with Crippen molar-refractivity contribution in [1.82, 2.24) is 25.3 Å². The van der Waals surface area contributed by atoms with Crippen LogP contribution in [0, 0.1) is 0 Å². The van der Waals surface area contributed by atoms with E-state index in [0.717, 1.165) is 36.9 Å². The zero-order valence-electron chi connectivity index (χ0n) is 20.6. The van der Waals surface area contributed by atoms with Gasteiger partial charge in [-0.2, -0.15) is 9.97 Å². The first-order chi connectivity index (χ1) is 17.7. The summed E-state index contributed by atoms with van der Waals surface area (Å²) < 4.78 is 0. The molecule has 0 aliphatic carbocycles. The number of hydrogen-bond donors (Lipinski definition) is 5. The smallest absolute Gasteiger partial charge is 0.326 e. The van der Waals surface area contributed by atoms with E-state index < -0.39 is 23.9 Å². The number of rotatable bonds is 13. The van der Waals surface area contributed by atoms with Crippen LogP contribution in [0.5, 0.6) is 0 Å². The van der Waals surface area contributed by atoms with Crippen molar-refractivity contribution in [2.24, 2.45) is 0 Å². The van der Waals surface area contributed by atoms with Crippen LogP contribution in [0.3, 0.4) is 0 Å². The summed E-state index contributed by atoms with van der Waals surface area (Å²) >= 11 is 0. The van der Waals surface area contributed by atoms with Gasteiger partial charge < -0.3 is 27.0 Å². The minimum absolute atomic E-state index is 0.0326. The highest BCUT2D eigenvalue weighted by Crippen LogP contribution is 2.27. The molecule has 12 nitrogen and oxygen atoms in total. The number of fused-ring (bicyclic) bond motifs is 1. The molecule has 0 aliphatic rings. The third-order valence-electron chi connectivity index (χ3n) is 6.01. The molecule has 3 aromatic rings. The fourth-order valence-corrected chi connectivity index (χ4v) is 4.03. The van der Waals surface area contributed by atoms with Crippen molar-refractivity contribution in [2.45, 2.75) is 63.8 Å². The van der Waals surface area contributed by atoms with Gasteiger partial charge in [0, 0.05) is 12.0 Å². The molecule has 7 N–H and O–H groups in total. The lowest BCUT2D eigenvalue weighted by Gasteiger charge is -2.18. The van der Waals surface area contributed by atoms with Crippen molar-refractivity contribution < 1.29 is 24.6 Å². The molecule has 1 unspecified atom stereocenters. The molecule has 0 radical (unpaired) electrons. The average molecular weight is 510 g/mol. The fourth-order valence-electron chi connectivity index (χ4n) is 4.03. The first-order valence-electron chi connectivity index (χ1n) is 12.1. The fraction of sp³-hybridized carbons (Fsp3) is 0.400. The number of hydrogen-bond acceptors (Lipinski definition) is 9. The first-order valence-corrected chi connectivity index (χ1v) is 12.1. The van der Waals surface area contributed by atoms with E-state index in [0.29, 0.717) is 17.6 Å². The number of nitrogens with one attached hydrogen (secondary N) is 1. The lowest BCUT2D eigenvalue weighted by molar-refractivity contribution is -0.140. The summed E-state index contributed by atoms with van der Waals surface area (Å²) in [6.07, 6.45) is 5.71. The summed E-state index contributed by atoms with van der Waals surface area (Å²) in [4.78, 5) is 51.7. The summed E-state index contributed by atoms with van der Waals surface area (Å²) in [5.41, 5.74) is 14.3. The Labute approximate surface area is 213 Å². The maximum absolute atomic E-state index is 12.6. The number of benzene rings is 1. The topological polar surface area (TPSA) is 207 Å². The highest BCUT2D eigenvalue weighted by atomic mass is 16.4. The van der Waals surface area contributed by atoms with E-state index in [9.17, 15) is 19.5 Å². The van der Waals surface area contributed by atoms with Gasteiger partial charge in [0.1, 0.15) is 6.04 Å². The second-order valence-corrected chi connectivity index (χ2v) is 8.82. The summed E-state index contributed by atoms with van der Waals surface area (Å²) in [7, 11) is 0. The quantitative estimate of drug-likeness (QED) is 0.211. The van der Waals surface area contributed by atoms with Crippen LogP contribution >= 0.6 is 0 Å². The Morgan fingerprint density at radius 2 is 1.73 bits per heavy atom. The number of carboxylic acids is 2. The molecule has 1 amide bonds. The van der Waals surface area contributed by atoms with E-state index in [1.807, 2.05) is 12.1 Å². The largest absolute Gasteiger partial charge is 0.481 e. The summed E-state index contributed by atoms with van der Waals surface area (Å²) in [5.74, 6) is -2.71. The van der Waals surface area contributed by atoms with Gasteiger partial charge in [0.2, 0.25) is 5.95 Å². The van der Waals surface area contributed by atoms with E-state index in [4.69, 9.17) is 16.6 Å². The lowest BCUT2D eigenvalue weighted by atomic mass is 9.88. The highest BCUT2D eigenvalue weighted by molar-refractivity contribution is 5.96. The Kier molecular flexibility index (Phi) is 9.25. The number of aliphatic carboxylic acids is 2. The standard InChI is InChI=1S/C25H31N7O5/c1-2-3-4-5-16(12-17-13-28-22-20(29-17)21(26)31-25(27)32-22)14-6-8-15(9-7-14)23(35)30-18(24(36)37)10-11-19(33)34/h6-9,13,16,18H,2-5,10-12H2,1H3,(H,30,35)(H,33,34)(H,36,37)(H4,26,27,28,31,32)/t16?,18-/m0/s1. The van der Waals surface area contributed by atoms with Crippen LogP contribution < -0.4 is 16.8 Å². The molecule has 2 heterocycles. The minimum Gasteiger partial charge on any atom is -0.481 e. The van der Waals surface area contributed by atoms with Gasteiger partial charge in [-0.15, -0.1) is 0 Å². The van der Waals surface area contributed by atoms with Crippen molar-refractivity contribution in [3.63, 3.8) is 0 Å². The molecule has 2 aromatic heterocycles. The SMILES string of the molecule is CCCCCC(Cc1cnc2nc(N)nc(N)c2n1)c1ccc(C(=O)N[C@@H](CCC(=O)O)C(=O)O)cc1. The normalized spacial score (nSPS) is 12.7. The van der Waals surface area contributed by atoms with E-state index >= 15 is 0 Å². The van der Waals surface area contributed by atoms with E-state index in [2.05, 4.69) is 32.2 Å². The van der Waals surface area contributed by atoms with Crippen LogP contribution in [0.2, 0.25) is 0 Å². The van der Waals surface area contributed by atoms with Crippen molar-refractivity contribution in [3.05, 3.63) is 47.3 Å². The number of carbonyl (C=O) groups excluding carboxylic acids is 1. The number of anilines is 2. The highest BCUT2D eigenvalue weighted by Gasteiger charge is 2.22. The molecule has 0 spiro atoms. The zero-order valence-corrected chi connectivity index (χ0v) is 20.6. The molecule has 0 aliphatic heterocycles. The van der Waals surface area contributed by atoms with Crippen LogP contribution in [-0.4, -0.2) is 54.0 Å². The number of aromatic nitrogens is 4. The lowest BCUT2D eigenvalue weighted by Crippen LogP contribution is -2.41. The monoisotopic (exact) mass is 509 g/mol. The van der Waals surface area contributed by atoms with Gasteiger partial charge in [-0.1, -0.05) is 38.3 Å². The molecule has 2 atom stereocenters. The Balaban J connectivity index is 1.78. The van der Waals surface area contributed by atoms with Crippen LogP contribution in [0.25, 0.3) is 11.2 Å². The second kappa shape index (κ2) is 12.6. The number of nitrogens with zero attached hydrogens (tertiary/aromatic N) is 4. The van der Waals surface area contributed by atoms with Gasteiger partial charge in [0.15, 0.2) is 17.0 Å². The van der Waals surface area contributed by atoms with E-state index in [1.54, 1.807) is 18.3 Å². The van der Waals surface area contributed by atoms with Gasteiger partial charge in [-0.3, -0.25) is 9.59 Å². The van der Waals surface area contributed by atoms with Gasteiger partial charge >= 0.3 is 11.9 Å². The molecule has 3 rings (SSSR count). The van der Waals surface area contributed by atoms with Crippen LogP contribution in [0.4, 0.5) is 11.8 Å². The number of carbonyl (C=O) groups is 3. The van der Waals surface area contributed by atoms with E-state index in [-0.39, 0.29) is 36.1 Å². The summed E-state index contributed by atoms with van der Waals surface area (Å²) in [6, 6.07) is 5.65. The van der Waals surface area contributed by atoms with Crippen molar-refractivity contribution in [3.8, 4) is 0 Å². The molecule has 0 bridgehead atoms. The Hall–Kier alpha value is -4.35. The number of nitrogen functional groups attached to an aromatic ring is 2. The second-order valence-electron chi connectivity index (χ2n) is 8.82. The van der Waals surface area contributed by atoms with Crippen molar-refractivity contribution in [2.75, 3.05) is 11.5 Å². The Bertz CT molecular complexity index is 1270. The molecular weight excluding hydrogens is 478 g/mol. The molecule has 0 saturated heterocycles. The molecular formula is C25H31N7O5. The van der Waals surface area contributed by atoms with Gasteiger partial charge in [0.25, 0.3) is 5.91 Å². The van der Waals surface area contributed by atoms with E-state index in [1.165, 1.54) is 0 Å². The van der Waals surface area contributed by atoms with Gasteiger partial charge in [-0.05, 0) is 42.9 Å². The predicted octanol–water partition coefficient (Wildman–Crippen LogP) is 2.54. The molecule has 0 fully saturated rings. The summed E-state index contributed by atoms with van der Waals surface area (Å²) in [6.45, 7) is 2.13. The number of amides is 1. The van der Waals surface area contributed by atoms with Crippen LogP contribution in [0.15, 0.2) is 30.5 Å². The maximum atomic E-state index is 12.6. The minimum atomic E-state index is -1.29. The summed E-state index contributed by atoms with van der Waals surface area (Å²) in [5, 5.41) is 20.5. The molecule has 12 heteroatoms. The van der Waals surface area contributed by atoms with Crippen LogP contribution in [-0.2, 0) is 16.0 Å². The van der Waals surface area contributed by atoms with Crippen LogP contribution in [0.1, 0.15) is 73.0 Å². The number of carboxylic acid groups (broad SMARTS) is 2. The third-order valence-corrected chi connectivity index (χ3v) is 6.01. The predicted molar refractivity (Wildman–Crippen MR) is 137 cm³/mol. The number of nitrogens with two attached hydrogens (primary N) is 2. The average Bonchev–Trinajstić information content (AvgIpc) is 2.86. The first kappa shape index (κ1) is 27.2. The Morgan fingerprint density at radius 1 is 1.00 bits per heavy atom. The molecule has 37 heavy (non-hydrogen) atoms. The molecule has 1 aromatic carbocycles. The molecule has 0 saturated carbocycles. The van der Waals surface area contributed by atoms with Gasteiger partial charge in [0.05, 0.1) is 11.9 Å². The van der Waals surface area contributed by atoms with Gasteiger partial charge in [-0.25, -0.2) is 14.8 Å². The molecule has 196 valence electrons. The van der Waals surface area contributed by atoms with Crippen molar-refractivity contribution in [1.29, 1.82) is 0 Å². The zero-order chi connectivity index (χ0) is 26.9.